The minimum atomic E-state index is -4.68. The molecule has 3 aliphatic rings. The predicted octanol–water partition coefficient (Wildman–Crippen LogP) is 11.6. The molecule has 2 aliphatic heterocycles. The lowest BCUT2D eigenvalue weighted by atomic mass is 9.83. The number of carbonyl (C=O) groups is 3. The molecule has 13 nitrogen and oxygen atoms in total. The van der Waals surface area contributed by atoms with Gasteiger partial charge in [0.2, 0.25) is 17.2 Å². The van der Waals surface area contributed by atoms with Crippen molar-refractivity contribution in [2.75, 3.05) is 44.7 Å². The van der Waals surface area contributed by atoms with Crippen molar-refractivity contribution in [2.24, 2.45) is 0 Å². The molecule has 0 radical (unpaired) electrons. The summed E-state index contributed by atoms with van der Waals surface area (Å²) in [7, 11) is -3.10. The van der Waals surface area contributed by atoms with Crippen LogP contribution in [0.4, 0.5) is 5.69 Å². The highest BCUT2D eigenvalue weighted by atomic mass is 35.5. The first kappa shape index (κ1) is 56.9. The summed E-state index contributed by atoms with van der Waals surface area (Å²) in [5.41, 5.74) is 8.72. The number of rotatable bonds is 22. The van der Waals surface area contributed by atoms with Gasteiger partial charge < -0.3 is 29.2 Å². The molecule has 15 heteroatoms. The van der Waals surface area contributed by atoms with Gasteiger partial charge in [0, 0.05) is 81.7 Å². The molecule has 2 N–H and O–H groups in total. The van der Waals surface area contributed by atoms with Crippen LogP contribution in [0.2, 0.25) is 5.02 Å². The van der Waals surface area contributed by atoms with E-state index >= 15 is 0 Å². The fraction of sp³-hybridized carbons (Fsp3) is 0.333. The van der Waals surface area contributed by atoms with Gasteiger partial charge in [-0.05, 0) is 161 Å². The summed E-state index contributed by atoms with van der Waals surface area (Å²) < 4.78 is 52.8. The van der Waals surface area contributed by atoms with Gasteiger partial charge in [-0.15, -0.1) is 0 Å². The van der Waals surface area contributed by atoms with Gasteiger partial charge >= 0.3 is 0 Å². The zero-order chi connectivity index (χ0) is 55.7. The highest BCUT2D eigenvalue weighted by molar-refractivity contribution is 7.85. The number of nitrogens with zero attached hydrogens (tertiary/aromatic N) is 3. The van der Waals surface area contributed by atoms with Crippen molar-refractivity contribution in [3.8, 4) is 28.2 Å². The van der Waals surface area contributed by atoms with Gasteiger partial charge in [0.05, 0.1) is 30.0 Å². The summed E-state index contributed by atoms with van der Waals surface area (Å²) in [4.78, 5) is 41.8. The van der Waals surface area contributed by atoms with Crippen molar-refractivity contribution in [1.29, 1.82) is 0 Å². The fourth-order valence-electron chi connectivity index (χ4n) is 10.7. The third-order valence-corrected chi connectivity index (χ3v) is 16.1. The quantitative estimate of drug-likeness (QED) is 0.0382. The molecule has 0 spiro atoms. The molecule has 0 saturated heterocycles. The van der Waals surface area contributed by atoms with E-state index in [1.165, 1.54) is 12.1 Å². The number of aromatic nitrogens is 1. The maximum atomic E-state index is 13.7. The zero-order valence-corrected chi connectivity index (χ0v) is 47.3. The number of halogens is 1. The number of carbonyl (C=O) groups excluding carboxylic acids is 3. The minimum Gasteiger partial charge on any atom is -0.744 e. The number of unbranched alkanes of at least 4 members (excludes halogenated alkanes) is 4. The van der Waals surface area contributed by atoms with Gasteiger partial charge in [0.15, 0.2) is 0 Å². The van der Waals surface area contributed by atoms with Crippen molar-refractivity contribution in [1.82, 2.24) is 19.8 Å². The third-order valence-electron chi connectivity index (χ3n) is 15.0. The van der Waals surface area contributed by atoms with Gasteiger partial charge in [0.1, 0.15) is 40.5 Å². The number of hydrogen-bond donors (Lipinski definition) is 2. The Morgan fingerprint density at radius 2 is 1.53 bits per heavy atom. The Hall–Kier alpha value is -7.26. The van der Waals surface area contributed by atoms with E-state index in [-0.39, 0.29) is 29.0 Å². The summed E-state index contributed by atoms with van der Waals surface area (Å²) in [6.07, 6.45) is 11.1. The lowest BCUT2D eigenvalue weighted by Gasteiger charge is -2.27. The second-order valence-corrected chi connectivity index (χ2v) is 22.2. The van der Waals surface area contributed by atoms with Gasteiger partial charge in [-0.1, -0.05) is 68.3 Å². The zero-order valence-electron chi connectivity index (χ0n) is 45.7. The van der Waals surface area contributed by atoms with E-state index in [0.717, 1.165) is 106 Å². The second-order valence-electron chi connectivity index (χ2n) is 20.3. The number of benzene rings is 5. The summed E-state index contributed by atoms with van der Waals surface area (Å²) in [6.45, 7) is 15.7. The third kappa shape index (κ3) is 12.7. The molecule has 5 aromatic rings. The van der Waals surface area contributed by atoms with E-state index in [9.17, 15) is 27.4 Å². The average molecular weight is 1090 g/mol. The first-order chi connectivity index (χ1) is 37.4. The molecule has 8 rings (SSSR count). The van der Waals surface area contributed by atoms with Crippen LogP contribution in [0.1, 0.15) is 111 Å². The van der Waals surface area contributed by atoms with E-state index in [2.05, 4.69) is 77.3 Å². The Balaban J connectivity index is 0.850. The van der Waals surface area contributed by atoms with Crippen LogP contribution in [0.15, 0.2) is 136 Å². The van der Waals surface area contributed by atoms with Crippen LogP contribution in [-0.4, -0.2) is 75.1 Å². The molecular formula is C63H70ClN5O8S. The number of fused-ring (bicyclic) bond motifs is 3. The molecule has 0 atom stereocenters. The van der Waals surface area contributed by atoms with E-state index < -0.39 is 15.5 Å². The predicted molar refractivity (Wildman–Crippen MR) is 310 cm³/mol. The summed E-state index contributed by atoms with van der Waals surface area (Å²) in [5.74, 6) is 1.75. The van der Waals surface area contributed by atoms with Crippen LogP contribution >= 0.6 is 11.6 Å². The minimum absolute atomic E-state index is 0.0113. The number of amides is 2. The summed E-state index contributed by atoms with van der Waals surface area (Å²) >= 11 is 6.08. The molecule has 0 fully saturated rings. The Kier molecular flexibility index (Phi) is 18.3. The Morgan fingerprint density at radius 3 is 2.22 bits per heavy atom. The Morgan fingerprint density at radius 1 is 0.821 bits per heavy atom. The molecular weight excluding hydrogens is 1020 g/mol. The molecule has 408 valence electrons. The molecule has 1 aliphatic carbocycles. The van der Waals surface area contributed by atoms with Crippen molar-refractivity contribution in [3.05, 3.63) is 171 Å². The van der Waals surface area contributed by atoms with Crippen molar-refractivity contribution in [2.45, 2.75) is 103 Å². The highest BCUT2D eigenvalue weighted by Crippen LogP contribution is 2.49. The van der Waals surface area contributed by atoms with Gasteiger partial charge in [-0.2, -0.15) is 0 Å². The topological polar surface area (TPSA) is 166 Å². The van der Waals surface area contributed by atoms with Crippen LogP contribution in [0.5, 0.6) is 5.75 Å². The fourth-order valence-corrected chi connectivity index (χ4v) is 11.4. The largest absolute Gasteiger partial charge is 0.744 e. The number of allylic oxidation sites excluding steroid dienone is 3. The van der Waals surface area contributed by atoms with Crippen LogP contribution in [-0.2, 0) is 31.5 Å². The summed E-state index contributed by atoms with van der Waals surface area (Å²) in [5, 5.41) is 8.47. The van der Waals surface area contributed by atoms with Gasteiger partial charge in [-0.3, -0.25) is 19.0 Å². The van der Waals surface area contributed by atoms with Gasteiger partial charge in [-0.25, -0.2) is 13.0 Å². The van der Waals surface area contributed by atoms with E-state index in [1.807, 2.05) is 63.3 Å². The van der Waals surface area contributed by atoms with Crippen LogP contribution in [0.3, 0.4) is 0 Å². The normalized spacial score (nSPS) is 13.7. The second kappa shape index (κ2) is 25.0. The van der Waals surface area contributed by atoms with Crippen molar-refractivity contribution >= 4 is 62.1 Å². The lowest BCUT2D eigenvalue weighted by Crippen LogP contribution is -2.29. The molecule has 4 aromatic carbocycles. The molecule has 2 amide bonds. The van der Waals surface area contributed by atoms with Crippen LogP contribution in [0, 0.1) is 13.8 Å². The summed E-state index contributed by atoms with van der Waals surface area (Å²) in [6, 6.07) is 33.6. The Labute approximate surface area is 463 Å². The maximum Gasteiger partial charge on any atom is 0.262 e. The standard InChI is InChI=1S/C63H70ClN5O8S/c1-8-67(9-2)47-29-32-50-57(38-47)77-56(42(3)61(50)44-20-13-10-14-21-44)22-19-23-58-63(5,6)53-40-49(78(73,74)75)31-34-55(53)68(58)37-18-11-15-24-59(70)65-35-16-12-17-36-66-60(71)41-51-43(4)69(54-33-30-48(76-7)39-52(51)54)62(72)45-25-27-46(64)28-26-45/h10,13-14,19-23,25-34,38-40H,8-9,11-12,15-18,24,35-37,41H2,1-7H3,(H2-,65,66,70,71,73,74,75). The highest BCUT2D eigenvalue weighted by Gasteiger charge is 2.40. The number of hydrogen-bond acceptors (Lipinski definition) is 9. The first-order valence-electron chi connectivity index (χ1n) is 26.9. The number of ether oxygens (including phenoxy) is 1. The lowest BCUT2D eigenvalue weighted by molar-refractivity contribution is -0.121. The smallest absolute Gasteiger partial charge is 0.262 e. The number of methoxy groups -OCH3 is 1. The van der Waals surface area contributed by atoms with Gasteiger partial charge in [0.25, 0.3) is 5.91 Å². The van der Waals surface area contributed by atoms with Crippen molar-refractivity contribution in [3.63, 3.8) is 0 Å². The number of nitrogens with one attached hydrogen (secondary N) is 2. The molecule has 78 heavy (non-hydrogen) atoms. The van der Waals surface area contributed by atoms with E-state index in [0.29, 0.717) is 65.8 Å². The van der Waals surface area contributed by atoms with Crippen molar-refractivity contribution < 1.29 is 36.5 Å². The van der Waals surface area contributed by atoms with E-state index in [4.69, 9.17) is 20.8 Å². The Bertz CT molecular complexity index is 3550. The molecule has 0 unspecified atom stereocenters. The maximum absolute atomic E-state index is 13.7. The first-order valence-corrected chi connectivity index (χ1v) is 28.7. The number of anilines is 1. The van der Waals surface area contributed by atoms with Crippen LogP contribution in [0.25, 0.3) is 39.4 Å². The average Bonchev–Trinajstić information content (AvgIpc) is 3.89. The van der Waals surface area contributed by atoms with Crippen LogP contribution < -0.4 is 30.2 Å². The van der Waals surface area contributed by atoms with E-state index in [1.54, 1.807) is 48.1 Å². The monoisotopic (exact) mass is 1090 g/mol. The molecule has 1 aromatic heterocycles. The SMILES string of the molecule is CC[N+](CC)=c1ccc2c(-c3ccccc3)c(C)c(/C=C/C=C3/N(CCCCCC(=O)NCCCCCNC(=O)Cc4c(C)n(C(=O)c5ccc(Cl)cc5)c5ccc(OC)cc45)c4ccc(S(=O)(=O)[O-])cc4C3(C)C)oc-2c1. The molecule has 0 saturated carbocycles. The molecule has 0 bridgehead atoms. The molecule has 3 heterocycles.